The number of hydrogen-bond acceptors (Lipinski definition) is 8. The van der Waals surface area contributed by atoms with Crippen LogP contribution in [-0.2, 0) is 28.6 Å². The van der Waals surface area contributed by atoms with E-state index in [2.05, 4.69) is 0 Å². The minimum atomic E-state index is -1.05. The van der Waals surface area contributed by atoms with Crippen molar-refractivity contribution in [2.24, 2.45) is 28.1 Å². The summed E-state index contributed by atoms with van der Waals surface area (Å²) in [5.41, 5.74) is -3.69. The van der Waals surface area contributed by atoms with E-state index in [-0.39, 0.29) is 30.5 Å². The van der Waals surface area contributed by atoms with Crippen LogP contribution in [0.5, 0.6) is 0 Å². The van der Waals surface area contributed by atoms with Gasteiger partial charge in [-0.2, -0.15) is 0 Å². The monoisotopic (exact) mass is 472 g/mol. The first-order valence-electron chi connectivity index (χ1n) is 12.2. The molecule has 6 rings (SSSR count). The SMILES string of the molecule is CC1(C)OC(=O)CC(O)C2(C)C1CC(=O)C1(C)C2CCC2(C)C(c3ccoc3)OC(=O)C3OC321. The number of ketones is 1. The van der Waals surface area contributed by atoms with Crippen molar-refractivity contribution in [2.45, 2.75) is 89.8 Å². The second-order valence-electron chi connectivity index (χ2n) is 12.2. The predicted molar refractivity (Wildman–Crippen MR) is 116 cm³/mol. The number of carbonyl (C=O) groups excluding carboxylic acids is 3. The van der Waals surface area contributed by atoms with Gasteiger partial charge >= 0.3 is 11.9 Å². The molecule has 4 heterocycles. The Kier molecular flexibility index (Phi) is 4.14. The molecule has 5 aliphatic rings. The zero-order chi connectivity index (χ0) is 24.5. The van der Waals surface area contributed by atoms with Gasteiger partial charge in [0.05, 0.1) is 30.5 Å². The van der Waals surface area contributed by atoms with E-state index in [4.69, 9.17) is 18.6 Å². The third-order valence-corrected chi connectivity index (χ3v) is 10.5. The molecule has 34 heavy (non-hydrogen) atoms. The van der Waals surface area contributed by atoms with Crippen LogP contribution in [0.15, 0.2) is 23.0 Å². The molecular weight excluding hydrogens is 440 g/mol. The van der Waals surface area contributed by atoms with Gasteiger partial charge in [-0.05, 0) is 45.6 Å². The molecule has 9 unspecified atom stereocenters. The Morgan fingerprint density at radius 2 is 1.74 bits per heavy atom. The van der Waals surface area contributed by atoms with Crippen LogP contribution in [0.4, 0.5) is 0 Å². The summed E-state index contributed by atoms with van der Waals surface area (Å²) >= 11 is 0. The maximum Gasteiger partial charge on any atom is 0.339 e. The smallest absolute Gasteiger partial charge is 0.339 e. The molecule has 1 N–H and O–H groups in total. The average molecular weight is 473 g/mol. The molecule has 1 spiro atoms. The first-order valence-corrected chi connectivity index (χ1v) is 12.2. The maximum atomic E-state index is 14.2. The molecule has 2 aliphatic carbocycles. The minimum absolute atomic E-state index is 0.00716. The number of aliphatic hydroxyl groups is 1. The van der Waals surface area contributed by atoms with Gasteiger partial charge in [0.2, 0.25) is 0 Å². The second-order valence-corrected chi connectivity index (χ2v) is 12.2. The van der Waals surface area contributed by atoms with E-state index >= 15 is 0 Å². The van der Waals surface area contributed by atoms with E-state index in [1.54, 1.807) is 18.6 Å². The van der Waals surface area contributed by atoms with E-state index in [9.17, 15) is 19.5 Å². The van der Waals surface area contributed by atoms with Crippen LogP contribution in [-0.4, -0.2) is 46.2 Å². The van der Waals surface area contributed by atoms with Gasteiger partial charge in [0.15, 0.2) is 6.10 Å². The number of aliphatic hydroxyl groups excluding tert-OH is 1. The number of carbonyl (C=O) groups is 3. The first kappa shape index (κ1) is 22.3. The summed E-state index contributed by atoms with van der Waals surface area (Å²) in [4.78, 5) is 39.8. The van der Waals surface area contributed by atoms with E-state index in [0.29, 0.717) is 12.8 Å². The largest absolute Gasteiger partial charge is 0.472 e. The molecule has 2 saturated carbocycles. The molecule has 3 aliphatic heterocycles. The summed E-state index contributed by atoms with van der Waals surface area (Å²) in [7, 11) is 0. The highest BCUT2D eigenvalue weighted by molar-refractivity contribution is 5.93. The van der Waals surface area contributed by atoms with E-state index in [0.717, 1.165) is 5.56 Å². The number of hydrogen-bond donors (Lipinski definition) is 1. The summed E-state index contributed by atoms with van der Waals surface area (Å²) in [6.07, 6.45) is 1.99. The van der Waals surface area contributed by atoms with Crippen LogP contribution in [0.2, 0.25) is 0 Å². The Labute approximate surface area is 198 Å². The topological polar surface area (TPSA) is 116 Å². The number of cyclic esters (lactones) is 2. The molecule has 0 radical (unpaired) electrons. The first-order chi connectivity index (χ1) is 15.8. The fourth-order valence-electron chi connectivity index (χ4n) is 8.90. The van der Waals surface area contributed by atoms with Crippen molar-refractivity contribution >= 4 is 17.7 Å². The van der Waals surface area contributed by atoms with Gasteiger partial charge in [-0.1, -0.05) is 13.8 Å². The van der Waals surface area contributed by atoms with Crippen LogP contribution in [0.1, 0.15) is 72.0 Å². The van der Waals surface area contributed by atoms with Crippen molar-refractivity contribution in [3.63, 3.8) is 0 Å². The highest BCUT2D eigenvalue weighted by Gasteiger charge is 2.88. The van der Waals surface area contributed by atoms with Crippen molar-refractivity contribution < 1.29 is 38.1 Å². The van der Waals surface area contributed by atoms with E-state index in [1.165, 1.54) is 0 Å². The quantitative estimate of drug-likeness (QED) is 0.490. The Balaban J connectivity index is 1.53. The molecule has 1 aromatic heterocycles. The molecule has 184 valence electrons. The molecule has 0 amide bonds. The number of esters is 2. The number of epoxide rings is 1. The second kappa shape index (κ2) is 6.32. The number of ether oxygens (including phenoxy) is 3. The summed E-state index contributed by atoms with van der Waals surface area (Å²) in [5.74, 6) is -1.59. The van der Waals surface area contributed by atoms with Gasteiger partial charge in [0.25, 0.3) is 0 Å². The van der Waals surface area contributed by atoms with Crippen LogP contribution in [0.25, 0.3) is 0 Å². The van der Waals surface area contributed by atoms with Gasteiger partial charge in [-0.3, -0.25) is 9.59 Å². The fraction of sp³-hybridized carbons (Fsp3) is 0.731. The normalized spacial score (nSPS) is 51.1. The summed E-state index contributed by atoms with van der Waals surface area (Å²) in [5, 5.41) is 11.4. The summed E-state index contributed by atoms with van der Waals surface area (Å²) < 4.78 is 23.2. The van der Waals surface area contributed by atoms with Crippen LogP contribution >= 0.6 is 0 Å². The van der Waals surface area contributed by atoms with Crippen molar-refractivity contribution in [1.29, 1.82) is 0 Å². The van der Waals surface area contributed by atoms with Crippen LogP contribution in [0.3, 0.4) is 0 Å². The molecule has 9 atom stereocenters. The number of rotatable bonds is 1. The standard InChI is InChI=1S/C26H32O8/c1-22(2)15-10-17(28)25(5)14(24(15,4)16(27)11-18(29)33-22)6-8-23(3)19(13-7-9-31-12-13)32-21(30)20-26(23,25)34-20/h7,9,12,14-16,19-20,27H,6,8,10-11H2,1-5H3. The third-order valence-electron chi connectivity index (χ3n) is 10.5. The van der Waals surface area contributed by atoms with Crippen molar-refractivity contribution in [3.8, 4) is 0 Å². The molecule has 0 aromatic carbocycles. The zero-order valence-electron chi connectivity index (χ0n) is 20.3. The van der Waals surface area contributed by atoms with Crippen LogP contribution < -0.4 is 0 Å². The van der Waals surface area contributed by atoms with Crippen LogP contribution in [0, 0.1) is 28.1 Å². The lowest BCUT2D eigenvalue weighted by molar-refractivity contribution is -0.231. The molecule has 0 bridgehead atoms. The molecule has 3 saturated heterocycles. The maximum absolute atomic E-state index is 14.2. The van der Waals surface area contributed by atoms with Crippen molar-refractivity contribution in [3.05, 3.63) is 24.2 Å². The Morgan fingerprint density at radius 1 is 1.00 bits per heavy atom. The van der Waals surface area contributed by atoms with E-state index < -0.39 is 57.7 Å². The lowest BCUT2D eigenvalue weighted by atomic mass is 9.37. The van der Waals surface area contributed by atoms with Gasteiger partial charge in [-0.15, -0.1) is 0 Å². The summed E-state index contributed by atoms with van der Waals surface area (Å²) in [6.45, 7) is 9.61. The number of fused-ring (bicyclic) bond motifs is 3. The lowest BCUT2D eigenvalue weighted by Gasteiger charge is -2.66. The minimum Gasteiger partial charge on any atom is -0.472 e. The van der Waals surface area contributed by atoms with Gasteiger partial charge in [-0.25, -0.2) is 4.79 Å². The Bertz CT molecular complexity index is 1090. The highest BCUT2D eigenvalue weighted by atomic mass is 16.7. The van der Waals surface area contributed by atoms with Gasteiger partial charge < -0.3 is 23.7 Å². The Morgan fingerprint density at radius 3 is 2.41 bits per heavy atom. The fourth-order valence-corrected chi connectivity index (χ4v) is 8.90. The van der Waals surface area contributed by atoms with E-state index in [1.807, 2.05) is 34.6 Å². The molecular formula is C26H32O8. The average Bonchev–Trinajstić information content (AvgIpc) is 3.33. The lowest BCUT2D eigenvalue weighted by Crippen LogP contribution is -2.72. The number of furan rings is 1. The highest BCUT2D eigenvalue weighted by Crippen LogP contribution is 2.78. The molecule has 1 aromatic rings. The van der Waals surface area contributed by atoms with Gasteiger partial charge in [0, 0.05) is 28.7 Å². The molecule has 5 fully saturated rings. The van der Waals surface area contributed by atoms with Crippen molar-refractivity contribution in [2.75, 3.05) is 0 Å². The third kappa shape index (κ3) is 2.25. The Hall–Kier alpha value is -2.19. The summed E-state index contributed by atoms with van der Waals surface area (Å²) in [6, 6.07) is 1.79. The molecule has 8 heteroatoms. The van der Waals surface area contributed by atoms with Crippen molar-refractivity contribution in [1.82, 2.24) is 0 Å². The number of Topliss-reactive ketones (excluding diaryl/α,β-unsaturated/α-hetero) is 1. The van der Waals surface area contributed by atoms with Gasteiger partial charge in [0.1, 0.15) is 23.1 Å². The molecule has 8 nitrogen and oxygen atoms in total. The zero-order valence-corrected chi connectivity index (χ0v) is 20.3. The predicted octanol–water partition coefficient (Wildman–Crippen LogP) is 3.12.